The highest BCUT2D eigenvalue weighted by Gasteiger charge is 2.10. The number of rotatable bonds is 9. The first-order valence-corrected chi connectivity index (χ1v) is 10.1. The summed E-state index contributed by atoms with van der Waals surface area (Å²) in [6.07, 6.45) is -0.629. The van der Waals surface area contributed by atoms with Crippen LogP contribution in [0.2, 0.25) is 5.02 Å². The van der Waals surface area contributed by atoms with E-state index in [9.17, 15) is 15.0 Å². The zero-order valence-electron chi connectivity index (χ0n) is 16.7. The van der Waals surface area contributed by atoms with Crippen molar-refractivity contribution in [3.8, 4) is 11.1 Å². The van der Waals surface area contributed by atoms with Gasteiger partial charge < -0.3 is 20.8 Å². The Kier molecular flexibility index (Phi) is 7.46. The quantitative estimate of drug-likeness (QED) is 0.395. The Balaban J connectivity index is 1.55. The summed E-state index contributed by atoms with van der Waals surface area (Å²) < 4.78 is 0. The number of carboxylic acids is 1. The summed E-state index contributed by atoms with van der Waals surface area (Å²) in [5.74, 6) is -0.939. The number of halogens is 1. The number of carboxylic acid groups (broad SMARTS) is 1. The fourth-order valence-electron chi connectivity index (χ4n) is 3.13. The highest BCUT2D eigenvalue weighted by atomic mass is 35.5. The lowest BCUT2D eigenvalue weighted by atomic mass is 10.0. The molecule has 3 aromatic rings. The summed E-state index contributed by atoms with van der Waals surface area (Å²) in [5.41, 5.74) is 3.79. The maximum Gasteiger partial charge on any atom is 0.335 e. The Morgan fingerprint density at radius 1 is 0.967 bits per heavy atom. The van der Waals surface area contributed by atoms with Crippen LogP contribution in [0.25, 0.3) is 11.1 Å². The SMILES string of the molecule is C[C@H](CNc1cccc(-c2cccc(C(=O)O)c2)c1)NC[C@H](O)c1cccc(Cl)c1. The van der Waals surface area contributed by atoms with E-state index in [1.165, 1.54) is 0 Å². The molecule has 3 rings (SSSR count). The molecule has 4 N–H and O–H groups in total. The second kappa shape index (κ2) is 10.3. The van der Waals surface area contributed by atoms with Crippen molar-refractivity contribution in [2.45, 2.75) is 19.1 Å². The standard InChI is InChI=1S/C24H25ClN2O3/c1-16(26-15-23(28)19-7-3-9-21(25)12-19)14-27-22-10-4-6-18(13-22)17-5-2-8-20(11-17)24(29)30/h2-13,16,23,26-28H,14-15H2,1H3,(H,29,30)/t16-,23+/m1/s1. The van der Waals surface area contributed by atoms with Crippen LogP contribution in [0.15, 0.2) is 72.8 Å². The van der Waals surface area contributed by atoms with Crippen molar-refractivity contribution in [2.75, 3.05) is 18.4 Å². The summed E-state index contributed by atoms with van der Waals surface area (Å²) >= 11 is 5.98. The molecular formula is C24H25ClN2O3. The molecule has 2 atom stereocenters. The van der Waals surface area contributed by atoms with Gasteiger partial charge in [0.25, 0.3) is 0 Å². The Morgan fingerprint density at radius 2 is 1.67 bits per heavy atom. The molecule has 0 radical (unpaired) electrons. The summed E-state index contributed by atoms with van der Waals surface area (Å²) in [6.45, 7) is 3.13. The second-order valence-electron chi connectivity index (χ2n) is 7.23. The normalized spacial score (nSPS) is 12.9. The van der Waals surface area contributed by atoms with Gasteiger partial charge in [-0.1, -0.05) is 48.0 Å². The van der Waals surface area contributed by atoms with Crippen molar-refractivity contribution in [3.05, 3.63) is 88.9 Å². The summed E-state index contributed by atoms with van der Waals surface area (Å²) in [7, 11) is 0. The number of aliphatic hydroxyl groups excluding tert-OH is 1. The molecule has 0 amide bonds. The van der Waals surface area contributed by atoms with Crippen LogP contribution >= 0.6 is 11.6 Å². The van der Waals surface area contributed by atoms with E-state index in [0.717, 1.165) is 22.4 Å². The zero-order chi connectivity index (χ0) is 21.5. The topological polar surface area (TPSA) is 81.6 Å². The van der Waals surface area contributed by atoms with Crippen LogP contribution in [-0.4, -0.2) is 35.3 Å². The molecule has 0 heterocycles. The van der Waals surface area contributed by atoms with E-state index >= 15 is 0 Å². The molecule has 0 bridgehead atoms. The van der Waals surface area contributed by atoms with Gasteiger partial charge in [0.2, 0.25) is 0 Å². The molecule has 0 saturated heterocycles. The molecule has 0 spiro atoms. The Labute approximate surface area is 181 Å². The van der Waals surface area contributed by atoms with Crippen molar-refractivity contribution in [2.24, 2.45) is 0 Å². The van der Waals surface area contributed by atoms with Crippen molar-refractivity contribution in [1.82, 2.24) is 5.32 Å². The van der Waals surface area contributed by atoms with E-state index in [0.29, 0.717) is 18.1 Å². The largest absolute Gasteiger partial charge is 0.478 e. The number of aromatic carboxylic acids is 1. The third-order valence-electron chi connectivity index (χ3n) is 4.81. The summed E-state index contributed by atoms with van der Waals surface area (Å²) in [5, 5.41) is 26.8. The average Bonchev–Trinajstić information content (AvgIpc) is 2.76. The van der Waals surface area contributed by atoms with Gasteiger partial charge in [-0.25, -0.2) is 4.79 Å². The van der Waals surface area contributed by atoms with Gasteiger partial charge in [0.1, 0.15) is 0 Å². The molecule has 0 saturated carbocycles. The lowest BCUT2D eigenvalue weighted by Gasteiger charge is -2.19. The van der Waals surface area contributed by atoms with Crippen LogP contribution in [-0.2, 0) is 0 Å². The van der Waals surface area contributed by atoms with Gasteiger partial charge in [0, 0.05) is 29.8 Å². The van der Waals surface area contributed by atoms with Gasteiger partial charge >= 0.3 is 5.97 Å². The average molecular weight is 425 g/mol. The number of hydrogen-bond donors (Lipinski definition) is 4. The second-order valence-corrected chi connectivity index (χ2v) is 7.66. The minimum Gasteiger partial charge on any atom is -0.478 e. The number of carbonyl (C=O) groups is 1. The molecule has 5 nitrogen and oxygen atoms in total. The van der Waals surface area contributed by atoms with Crippen LogP contribution < -0.4 is 10.6 Å². The number of hydrogen-bond acceptors (Lipinski definition) is 4. The van der Waals surface area contributed by atoms with Crippen molar-refractivity contribution in [1.29, 1.82) is 0 Å². The Morgan fingerprint density at radius 3 is 2.40 bits per heavy atom. The maximum atomic E-state index is 11.2. The van der Waals surface area contributed by atoms with Crippen molar-refractivity contribution in [3.63, 3.8) is 0 Å². The first kappa shape index (κ1) is 21.8. The smallest absolute Gasteiger partial charge is 0.335 e. The molecule has 156 valence electrons. The van der Waals surface area contributed by atoms with Gasteiger partial charge in [0.15, 0.2) is 0 Å². The predicted octanol–water partition coefficient (Wildman–Crippen LogP) is 4.83. The van der Waals surface area contributed by atoms with Crippen LogP contribution in [0, 0.1) is 0 Å². The predicted molar refractivity (Wildman–Crippen MR) is 121 cm³/mol. The molecule has 0 aromatic heterocycles. The van der Waals surface area contributed by atoms with Crippen molar-refractivity contribution < 1.29 is 15.0 Å². The third kappa shape index (κ3) is 6.07. The molecule has 0 aliphatic heterocycles. The van der Waals surface area contributed by atoms with Crippen LogP contribution in [0.5, 0.6) is 0 Å². The van der Waals surface area contributed by atoms with E-state index in [-0.39, 0.29) is 11.6 Å². The van der Waals surface area contributed by atoms with E-state index in [4.69, 9.17) is 11.6 Å². The molecule has 0 fully saturated rings. The number of anilines is 1. The first-order valence-electron chi connectivity index (χ1n) is 9.77. The third-order valence-corrected chi connectivity index (χ3v) is 5.05. The van der Waals surface area contributed by atoms with E-state index in [1.807, 2.05) is 49.4 Å². The van der Waals surface area contributed by atoms with Crippen LogP contribution in [0.4, 0.5) is 5.69 Å². The lowest BCUT2D eigenvalue weighted by Crippen LogP contribution is -2.35. The Bertz CT molecular complexity index is 1010. The van der Waals surface area contributed by atoms with E-state index in [2.05, 4.69) is 10.6 Å². The highest BCUT2D eigenvalue weighted by molar-refractivity contribution is 6.30. The van der Waals surface area contributed by atoms with E-state index in [1.54, 1.807) is 30.3 Å². The minimum atomic E-state index is -0.939. The molecule has 0 aliphatic rings. The molecule has 30 heavy (non-hydrogen) atoms. The molecule has 6 heteroatoms. The number of benzene rings is 3. The fraction of sp³-hybridized carbons (Fsp3) is 0.208. The molecular weight excluding hydrogens is 400 g/mol. The van der Waals surface area contributed by atoms with Crippen molar-refractivity contribution >= 4 is 23.3 Å². The van der Waals surface area contributed by atoms with Crippen LogP contribution in [0.1, 0.15) is 28.9 Å². The number of nitrogens with one attached hydrogen (secondary N) is 2. The monoisotopic (exact) mass is 424 g/mol. The first-order chi connectivity index (χ1) is 14.4. The highest BCUT2D eigenvalue weighted by Crippen LogP contribution is 2.24. The van der Waals surface area contributed by atoms with E-state index < -0.39 is 12.1 Å². The van der Waals surface area contributed by atoms with Gasteiger partial charge in [-0.15, -0.1) is 0 Å². The maximum absolute atomic E-state index is 11.2. The van der Waals surface area contributed by atoms with Gasteiger partial charge in [-0.05, 0) is 60.0 Å². The van der Waals surface area contributed by atoms with Gasteiger partial charge in [-0.3, -0.25) is 0 Å². The minimum absolute atomic E-state index is 0.123. The van der Waals surface area contributed by atoms with Gasteiger partial charge in [0.05, 0.1) is 11.7 Å². The molecule has 3 aromatic carbocycles. The van der Waals surface area contributed by atoms with Crippen LogP contribution in [0.3, 0.4) is 0 Å². The zero-order valence-corrected chi connectivity index (χ0v) is 17.4. The Hall–Kier alpha value is -2.86. The lowest BCUT2D eigenvalue weighted by molar-refractivity contribution is 0.0697. The summed E-state index contributed by atoms with van der Waals surface area (Å²) in [6, 6.07) is 22.1. The number of aliphatic hydroxyl groups is 1. The molecule has 0 unspecified atom stereocenters. The summed E-state index contributed by atoms with van der Waals surface area (Å²) in [4.78, 5) is 11.2. The molecule has 0 aliphatic carbocycles. The van der Waals surface area contributed by atoms with Gasteiger partial charge in [-0.2, -0.15) is 0 Å². The fourth-order valence-corrected chi connectivity index (χ4v) is 3.33.